The molecule has 0 aliphatic heterocycles. The van der Waals surface area contributed by atoms with Gasteiger partial charge in [-0.1, -0.05) is 25.5 Å². The molecule has 21 heavy (non-hydrogen) atoms. The van der Waals surface area contributed by atoms with E-state index in [0.29, 0.717) is 11.5 Å². The van der Waals surface area contributed by atoms with E-state index in [0.717, 1.165) is 18.4 Å². The van der Waals surface area contributed by atoms with Crippen molar-refractivity contribution in [3.8, 4) is 11.4 Å². The van der Waals surface area contributed by atoms with E-state index in [4.69, 9.17) is 5.73 Å². The predicted octanol–water partition coefficient (Wildman–Crippen LogP) is 1.83. The lowest BCUT2D eigenvalue weighted by molar-refractivity contribution is -0.122. The van der Waals surface area contributed by atoms with Crippen LogP contribution in [-0.4, -0.2) is 26.7 Å². The van der Waals surface area contributed by atoms with Gasteiger partial charge in [-0.05, 0) is 25.5 Å². The SMILES string of the molecule is CCCC(C)NC(=O)Cn1cnc(-c2cccc(N)c2)n1. The summed E-state index contributed by atoms with van der Waals surface area (Å²) in [5, 5.41) is 7.24. The molecule has 1 aromatic heterocycles. The monoisotopic (exact) mass is 287 g/mol. The molecule has 0 bridgehead atoms. The summed E-state index contributed by atoms with van der Waals surface area (Å²) >= 11 is 0. The maximum Gasteiger partial charge on any atom is 0.242 e. The largest absolute Gasteiger partial charge is 0.399 e. The first-order valence-corrected chi connectivity index (χ1v) is 7.13. The lowest BCUT2D eigenvalue weighted by atomic mass is 10.2. The zero-order chi connectivity index (χ0) is 15.2. The second-order valence-corrected chi connectivity index (χ2v) is 5.15. The number of nitrogens with two attached hydrogens (primary N) is 1. The van der Waals surface area contributed by atoms with Gasteiger partial charge in [-0.25, -0.2) is 9.67 Å². The molecular formula is C15H21N5O. The number of aromatic nitrogens is 3. The molecule has 0 saturated heterocycles. The molecule has 2 rings (SSSR count). The number of carbonyl (C=O) groups excluding carboxylic acids is 1. The van der Waals surface area contributed by atoms with Crippen LogP contribution in [0.4, 0.5) is 5.69 Å². The average Bonchev–Trinajstić information content (AvgIpc) is 2.87. The number of hydrogen-bond acceptors (Lipinski definition) is 4. The summed E-state index contributed by atoms with van der Waals surface area (Å²) < 4.78 is 1.53. The summed E-state index contributed by atoms with van der Waals surface area (Å²) in [6.45, 7) is 4.27. The fraction of sp³-hybridized carbons (Fsp3) is 0.400. The highest BCUT2D eigenvalue weighted by Gasteiger charge is 2.10. The van der Waals surface area contributed by atoms with Gasteiger partial charge in [0.1, 0.15) is 12.9 Å². The number of hydrogen-bond donors (Lipinski definition) is 2. The van der Waals surface area contributed by atoms with Crippen molar-refractivity contribution in [3.05, 3.63) is 30.6 Å². The Kier molecular flexibility index (Phi) is 4.92. The first-order valence-electron chi connectivity index (χ1n) is 7.13. The van der Waals surface area contributed by atoms with Crippen molar-refractivity contribution < 1.29 is 4.79 Å². The Hall–Kier alpha value is -2.37. The second-order valence-electron chi connectivity index (χ2n) is 5.15. The van der Waals surface area contributed by atoms with Gasteiger partial charge in [0.15, 0.2) is 5.82 Å². The number of rotatable bonds is 6. The molecule has 0 fully saturated rings. The van der Waals surface area contributed by atoms with Crippen molar-refractivity contribution in [1.82, 2.24) is 20.1 Å². The maximum atomic E-state index is 11.9. The van der Waals surface area contributed by atoms with Crippen LogP contribution >= 0.6 is 0 Å². The molecule has 1 unspecified atom stereocenters. The van der Waals surface area contributed by atoms with E-state index in [1.807, 2.05) is 31.2 Å². The molecule has 1 amide bonds. The molecule has 0 radical (unpaired) electrons. The molecule has 6 nitrogen and oxygen atoms in total. The minimum Gasteiger partial charge on any atom is -0.399 e. The molecule has 1 aromatic carbocycles. The van der Waals surface area contributed by atoms with Crippen LogP contribution in [0.5, 0.6) is 0 Å². The van der Waals surface area contributed by atoms with Crippen LogP contribution in [0.3, 0.4) is 0 Å². The Morgan fingerprint density at radius 2 is 2.29 bits per heavy atom. The minimum atomic E-state index is -0.0556. The summed E-state index contributed by atoms with van der Waals surface area (Å²) in [6, 6.07) is 7.54. The van der Waals surface area contributed by atoms with E-state index in [2.05, 4.69) is 22.3 Å². The molecule has 112 valence electrons. The summed E-state index contributed by atoms with van der Waals surface area (Å²) in [7, 11) is 0. The van der Waals surface area contributed by atoms with Crippen molar-refractivity contribution in [2.45, 2.75) is 39.3 Å². The standard InChI is InChI=1S/C15H21N5O/c1-3-5-11(2)18-14(21)9-20-10-17-15(19-20)12-6-4-7-13(16)8-12/h4,6-8,10-11H,3,5,9,16H2,1-2H3,(H,18,21). The number of nitrogen functional groups attached to an aromatic ring is 1. The Balaban J connectivity index is 1.99. The summed E-state index contributed by atoms with van der Waals surface area (Å²) in [6.07, 6.45) is 3.57. The first kappa shape index (κ1) is 15.0. The molecule has 1 atom stereocenters. The van der Waals surface area contributed by atoms with Gasteiger partial charge in [-0.3, -0.25) is 4.79 Å². The summed E-state index contributed by atoms with van der Waals surface area (Å²) in [5.74, 6) is 0.511. The van der Waals surface area contributed by atoms with E-state index in [-0.39, 0.29) is 18.5 Å². The number of amides is 1. The van der Waals surface area contributed by atoms with Gasteiger partial charge >= 0.3 is 0 Å². The third-order valence-electron chi connectivity index (χ3n) is 3.12. The van der Waals surface area contributed by atoms with Crippen molar-refractivity contribution in [2.75, 3.05) is 5.73 Å². The van der Waals surface area contributed by atoms with Crippen LogP contribution in [0, 0.1) is 0 Å². The molecule has 6 heteroatoms. The smallest absolute Gasteiger partial charge is 0.242 e. The number of anilines is 1. The fourth-order valence-electron chi connectivity index (χ4n) is 2.15. The highest BCUT2D eigenvalue weighted by molar-refractivity contribution is 5.76. The average molecular weight is 287 g/mol. The zero-order valence-electron chi connectivity index (χ0n) is 12.4. The second kappa shape index (κ2) is 6.88. The van der Waals surface area contributed by atoms with E-state index < -0.39 is 0 Å². The topological polar surface area (TPSA) is 85.8 Å². The molecule has 0 aliphatic carbocycles. The zero-order valence-corrected chi connectivity index (χ0v) is 12.4. The molecule has 1 heterocycles. The number of nitrogens with one attached hydrogen (secondary N) is 1. The summed E-state index contributed by atoms with van der Waals surface area (Å²) in [4.78, 5) is 16.1. The summed E-state index contributed by atoms with van der Waals surface area (Å²) in [5.41, 5.74) is 7.24. The van der Waals surface area contributed by atoms with Crippen molar-refractivity contribution in [2.24, 2.45) is 0 Å². The van der Waals surface area contributed by atoms with E-state index in [9.17, 15) is 4.79 Å². The predicted molar refractivity (Wildman–Crippen MR) is 82.4 cm³/mol. The quantitative estimate of drug-likeness (QED) is 0.794. The van der Waals surface area contributed by atoms with Gasteiger partial charge in [0, 0.05) is 17.3 Å². The van der Waals surface area contributed by atoms with Gasteiger partial charge in [-0.2, -0.15) is 5.10 Å². The van der Waals surface area contributed by atoms with Crippen molar-refractivity contribution in [1.29, 1.82) is 0 Å². The van der Waals surface area contributed by atoms with Crippen molar-refractivity contribution >= 4 is 11.6 Å². The highest BCUT2D eigenvalue weighted by Crippen LogP contribution is 2.16. The Labute approximate surface area is 124 Å². The van der Waals surface area contributed by atoms with E-state index in [1.54, 1.807) is 6.33 Å². The third kappa shape index (κ3) is 4.30. The Morgan fingerprint density at radius 1 is 1.48 bits per heavy atom. The van der Waals surface area contributed by atoms with Crippen LogP contribution in [0.25, 0.3) is 11.4 Å². The van der Waals surface area contributed by atoms with Gasteiger partial charge in [0.25, 0.3) is 0 Å². The fourth-order valence-corrected chi connectivity index (χ4v) is 2.15. The molecule has 0 aliphatic rings. The van der Waals surface area contributed by atoms with Gasteiger partial charge < -0.3 is 11.1 Å². The third-order valence-corrected chi connectivity index (χ3v) is 3.12. The van der Waals surface area contributed by atoms with Crippen LogP contribution < -0.4 is 11.1 Å². The number of nitrogens with zero attached hydrogens (tertiary/aromatic N) is 3. The molecule has 0 saturated carbocycles. The number of benzene rings is 1. The van der Waals surface area contributed by atoms with Crippen LogP contribution in [0.15, 0.2) is 30.6 Å². The van der Waals surface area contributed by atoms with Crippen LogP contribution in [-0.2, 0) is 11.3 Å². The minimum absolute atomic E-state index is 0.0556. The number of carbonyl (C=O) groups is 1. The lowest BCUT2D eigenvalue weighted by Gasteiger charge is -2.12. The molecular weight excluding hydrogens is 266 g/mol. The molecule has 0 spiro atoms. The Bertz CT molecular complexity index is 608. The Morgan fingerprint density at radius 3 is 3.00 bits per heavy atom. The highest BCUT2D eigenvalue weighted by atomic mass is 16.2. The lowest BCUT2D eigenvalue weighted by Crippen LogP contribution is -2.35. The maximum absolute atomic E-state index is 11.9. The normalized spacial score (nSPS) is 12.1. The van der Waals surface area contributed by atoms with Crippen molar-refractivity contribution in [3.63, 3.8) is 0 Å². The van der Waals surface area contributed by atoms with E-state index in [1.165, 1.54) is 4.68 Å². The van der Waals surface area contributed by atoms with Gasteiger partial charge in [0.2, 0.25) is 5.91 Å². The van der Waals surface area contributed by atoms with Gasteiger partial charge in [0.05, 0.1) is 0 Å². The van der Waals surface area contributed by atoms with E-state index >= 15 is 0 Å². The van der Waals surface area contributed by atoms with Gasteiger partial charge in [-0.15, -0.1) is 0 Å². The van der Waals surface area contributed by atoms with Crippen LogP contribution in [0.1, 0.15) is 26.7 Å². The van der Waals surface area contributed by atoms with Crippen LogP contribution in [0.2, 0.25) is 0 Å². The molecule has 3 N–H and O–H groups in total. The first-order chi connectivity index (χ1) is 10.1. The molecule has 2 aromatic rings.